The average molecular weight is 174 g/mol. The third-order valence-corrected chi connectivity index (χ3v) is 1.37. The molecule has 0 saturated carbocycles. The van der Waals surface area contributed by atoms with E-state index >= 15 is 0 Å². The molecule has 0 aliphatic carbocycles. The highest BCUT2D eigenvalue weighted by molar-refractivity contribution is 5.81. The van der Waals surface area contributed by atoms with Gasteiger partial charge in [0.1, 0.15) is 6.10 Å². The highest BCUT2D eigenvalue weighted by Gasteiger charge is 2.09. The average Bonchev–Trinajstić information content (AvgIpc) is 2.04. The summed E-state index contributed by atoms with van der Waals surface area (Å²) in [6.07, 6.45) is 1.57. The van der Waals surface area contributed by atoms with Crippen LogP contribution in [0.3, 0.4) is 0 Å². The number of hydrogen-bond donors (Lipinski definition) is 1. The fraction of sp³-hybridized carbons (Fsp3) is 0.625. The lowest BCUT2D eigenvalue weighted by atomic mass is 10.2. The highest BCUT2D eigenvalue weighted by atomic mass is 16.5. The minimum absolute atomic E-state index is 0.460. The molecule has 0 aliphatic heterocycles. The number of carbonyl (C=O) groups is 1. The third kappa shape index (κ3) is 4.10. The molecule has 0 amide bonds. The topological polar surface area (TPSA) is 55.8 Å². The largest absolute Gasteiger partial charge is 0.466 e. The molecule has 2 atom stereocenters. The molecule has 70 valence electrons. The van der Waals surface area contributed by atoms with Crippen LogP contribution in [0.2, 0.25) is 0 Å². The molecule has 4 nitrogen and oxygen atoms in total. The van der Waals surface area contributed by atoms with Gasteiger partial charge in [0, 0.05) is 13.2 Å². The van der Waals surface area contributed by atoms with Gasteiger partial charge in [-0.25, -0.2) is 4.79 Å². The predicted molar refractivity (Wildman–Crippen MR) is 43.6 cm³/mol. The van der Waals surface area contributed by atoms with Crippen LogP contribution in [0.1, 0.15) is 6.92 Å². The van der Waals surface area contributed by atoms with E-state index in [1.807, 2.05) is 0 Å². The van der Waals surface area contributed by atoms with E-state index in [4.69, 9.17) is 9.84 Å². The summed E-state index contributed by atoms with van der Waals surface area (Å²) in [6.45, 7) is 1.58. The van der Waals surface area contributed by atoms with Crippen molar-refractivity contribution in [2.75, 3.05) is 14.2 Å². The zero-order valence-electron chi connectivity index (χ0n) is 7.48. The van der Waals surface area contributed by atoms with Crippen LogP contribution in [0, 0.1) is 0 Å². The van der Waals surface area contributed by atoms with E-state index < -0.39 is 18.2 Å². The zero-order valence-corrected chi connectivity index (χ0v) is 7.48. The summed E-state index contributed by atoms with van der Waals surface area (Å²) in [7, 11) is 2.75. The normalized spacial score (nSPS) is 16.0. The second-order valence-electron chi connectivity index (χ2n) is 2.32. The molecule has 0 rings (SSSR count). The van der Waals surface area contributed by atoms with Gasteiger partial charge in [-0.1, -0.05) is 0 Å². The second-order valence-corrected chi connectivity index (χ2v) is 2.32. The van der Waals surface area contributed by atoms with Gasteiger partial charge in [-0.3, -0.25) is 0 Å². The number of methoxy groups -OCH3 is 2. The first-order valence-electron chi connectivity index (χ1n) is 3.58. The minimum Gasteiger partial charge on any atom is -0.466 e. The van der Waals surface area contributed by atoms with Crippen molar-refractivity contribution in [1.82, 2.24) is 0 Å². The number of carbonyl (C=O) groups excluding carboxylic acids is 1. The number of aliphatic hydroxyl groups excluding tert-OH is 1. The Morgan fingerprint density at radius 2 is 2.08 bits per heavy atom. The summed E-state index contributed by atoms with van der Waals surface area (Å²) in [5.41, 5.74) is 0. The van der Waals surface area contributed by atoms with Gasteiger partial charge in [-0.2, -0.15) is 0 Å². The Morgan fingerprint density at radius 1 is 1.50 bits per heavy atom. The Balaban J connectivity index is 4.01. The van der Waals surface area contributed by atoms with Gasteiger partial charge in [0.25, 0.3) is 0 Å². The number of rotatable bonds is 4. The molecule has 0 bridgehead atoms. The molecular weight excluding hydrogens is 160 g/mol. The van der Waals surface area contributed by atoms with Gasteiger partial charge < -0.3 is 14.6 Å². The molecular formula is C8H14O4. The van der Waals surface area contributed by atoms with Crippen molar-refractivity contribution in [3.63, 3.8) is 0 Å². The van der Waals surface area contributed by atoms with Crippen molar-refractivity contribution in [2.45, 2.75) is 19.1 Å². The molecule has 0 fully saturated rings. The summed E-state index contributed by atoms with van der Waals surface area (Å²) in [4.78, 5) is 10.6. The predicted octanol–water partition coefficient (Wildman–Crippen LogP) is 0.111. The molecule has 0 heterocycles. The maximum Gasteiger partial charge on any atom is 0.330 e. The summed E-state index contributed by atoms with van der Waals surface area (Å²) in [5.74, 6) is -0.460. The van der Waals surface area contributed by atoms with Crippen LogP contribution in [-0.4, -0.2) is 37.5 Å². The van der Waals surface area contributed by atoms with Crippen LogP contribution >= 0.6 is 0 Å². The number of ether oxygens (including phenoxy) is 2. The lowest BCUT2D eigenvalue weighted by molar-refractivity contribution is -0.134. The van der Waals surface area contributed by atoms with Crippen molar-refractivity contribution < 1.29 is 19.4 Å². The maximum atomic E-state index is 10.6. The van der Waals surface area contributed by atoms with Crippen molar-refractivity contribution in [3.05, 3.63) is 12.2 Å². The molecule has 0 unspecified atom stereocenters. The van der Waals surface area contributed by atoms with E-state index in [-0.39, 0.29) is 0 Å². The van der Waals surface area contributed by atoms with Crippen molar-refractivity contribution >= 4 is 5.97 Å². The van der Waals surface area contributed by atoms with Crippen LogP contribution in [0.15, 0.2) is 12.2 Å². The van der Waals surface area contributed by atoms with E-state index in [1.165, 1.54) is 26.4 Å². The Hall–Kier alpha value is -0.870. The SMILES string of the molecule is COC(=O)/C=C/[C@@H](OC)[C@H](C)O. The molecule has 0 aromatic carbocycles. The fourth-order valence-corrected chi connectivity index (χ4v) is 0.678. The molecule has 0 aliphatic rings. The molecule has 0 saturated heterocycles. The number of esters is 1. The first-order chi connectivity index (χ1) is 5.61. The zero-order chi connectivity index (χ0) is 9.56. The number of hydrogen-bond acceptors (Lipinski definition) is 4. The first-order valence-corrected chi connectivity index (χ1v) is 3.58. The fourth-order valence-electron chi connectivity index (χ4n) is 0.678. The van der Waals surface area contributed by atoms with Crippen LogP contribution in [0.25, 0.3) is 0 Å². The van der Waals surface area contributed by atoms with Crippen molar-refractivity contribution in [3.8, 4) is 0 Å². The van der Waals surface area contributed by atoms with E-state index in [9.17, 15) is 4.79 Å². The lowest BCUT2D eigenvalue weighted by Gasteiger charge is -2.12. The van der Waals surface area contributed by atoms with Gasteiger partial charge in [0.05, 0.1) is 13.2 Å². The van der Waals surface area contributed by atoms with Crippen LogP contribution in [-0.2, 0) is 14.3 Å². The Morgan fingerprint density at radius 3 is 2.42 bits per heavy atom. The molecule has 4 heteroatoms. The van der Waals surface area contributed by atoms with Crippen molar-refractivity contribution in [2.24, 2.45) is 0 Å². The van der Waals surface area contributed by atoms with Gasteiger partial charge in [-0.15, -0.1) is 0 Å². The number of aliphatic hydroxyl groups is 1. The molecule has 12 heavy (non-hydrogen) atoms. The van der Waals surface area contributed by atoms with E-state index in [1.54, 1.807) is 6.92 Å². The molecule has 0 radical (unpaired) electrons. The first kappa shape index (κ1) is 11.1. The highest BCUT2D eigenvalue weighted by Crippen LogP contribution is 1.99. The van der Waals surface area contributed by atoms with E-state index in [0.717, 1.165) is 0 Å². The van der Waals surface area contributed by atoms with Gasteiger partial charge >= 0.3 is 5.97 Å². The summed E-state index contributed by atoms with van der Waals surface area (Å²) < 4.78 is 9.22. The maximum absolute atomic E-state index is 10.6. The summed E-state index contributed by atoms with van der Waals surface area (Å²) >= 11 is 0. The Labute approximate surface area is 71.8 Å². The smallest absolute Gasteiger partial charge is 0.330 e. The van der Waals surface area contributed by atoms with Crippen molar-refractivity contribution in [1.29, 1.82) is 0 Å². The monoisotopic (exact) mass is 174 g/mol. The molecule has 0 aromatic heterocycles. The van der Waals surface area contributed by atoms with Crippen LogP contribution in [0.4, 0.5) is 0 Å². The van der Waals surface area contributed by atoms with Gasteiger partial charge in [-0.05, 0) is 13.0 Å². The standard InChI is InChI=1S/C8H14O4/c1-6(9)7(11-2)4-5-8(10)12-3/h4-7,9H,1-3H3/b5-4+/t6-,7+/m0/s1. The summed E-state index contributed by atoms with van der Waals surface area (Å²) in [6, 6.07) is 0. The van der Waals surface area contributed by atoms with Gasteiger partial charge in [0.2, 0.25) is 0 Å². The third-order valence-electron chi connectivity index (χ3n) is 1.37. The van der Waals surface area contributed by atoms with E-state index in [0.29, 0.717) is 0 Å². The van der Waals surface area contributed by atoms with Crippen LogP contribution < -0.4 is 0 Å². The summed E-state index contributed by atoms with van der Waals surface area (Å²) in [5, 5.41) is 9.07. The van der Waals surface area contributed by atoms with E-state index in [2.05, 4.69) is 4.74 Å². The molecule has 0 spiro atoms. The molecule has 0 aromatic rings. The second kappa shape index (κ2) is 5.74. The van der Waals surface area contributed by atoms with Gasteiger partial charge in [0.15, 0.2) is 0 Å². The lowest BCUT2D eigenvalue weighted by Crippen LogP contribution is -2.22. The Kier molecular flexibility index (Phi) is 5.32. The van der Waals surface area contributed by atoms with Crippen LogP contribution in [0.5, 0.6) is 0 Å². The minimum atomic E-state index is -0.643. The quantitative estimate of drug-likeness (QED) is 0.485. The molecule has 1 N–H and O–H groups in total. The Bertz CT molecular complexity index is 162.